The van der Waals surface area contributed by atoms with Gasteiger partial charge in [-0.3, -0.25) is 0 Å². The number of nitrogens with zero attached hydrogens (tertiary/aromatic N) is 2. The van der Waals surface area contributed by atoms with Crippen molar-refractivity contribution in [3.05, 3.63) is 33.4 Å². The topological polar surface area (TPSA) is 64.5 Å². The highest BCUT2D eigenvalue weighted by molar-refractivity contribution is 9.10. The van der Waals surface area contributed by atoms with E-state index in [0.29, 0.717) is 16.0 Å². The van der Waals surface area contributed by atoms with Crippen LogP contribution in [-0.2, 0) is 0 Å². The Morgan fingerprint density at radius 1 is 1.32 bits per heavy atom. The average molecular weight is 346 g/mol. The first-order chi connectivity index (χ1) is 9.02. The summed E-state index contributed by atoms with van der Waals surface area (Å²) in [6, 6.07) is 4.84. The quantitative estimate of drug-likeness (QED) is 0.918. The molecule has 1 N–H and O–H groups in total. The van der Waals surface area contributed by atoms with E-state index < -0.39 is 0 Å². The summed E-state index contributed by atoms with van der Waals surface area (Å²) in [6.45, 7) is 1.83. The van der Waals surface area contributed by atoms with Gasteiger partial charge in [-0.05, 0) is 35.0 Å². The fourth-order valence-electron chi connectivity index (χ4n) is 1.50. The Hall–Kier alpha value is -1.53. The first-order valence-electron chi connectivity index (χ1n) is 5.26. The molecule has 1 aromatic carbocycles. The highest BCUT2D eigenvalue weighted by Gasteiger charge is 2.15. The molecular formula is C12H10BrClN2O3. The van der Waals surface area contributed by atoms with Crippen LogP contribution in [0.3, 0.4) is 0 Å². The summed E-state index contributed by atoms with van der Waals surface area (Å²) in [5.41, 5.74) is 0.771. The number of methoxy groups -OCH3 is 1. The van der Waals surface area contributed by atoms with Gasteiger partial charge in [0.1, 0.15) is 11.5 Å². The van der Waals surface area contributed by atoms with Gasteiger partial charge in [0.15, 0.2) is 10.9 Å². The van der Waals surface area contributed by atoms with Crippen LogP contribution in [0, 0.1) is 6.92 Å². The van der Waals surface area contributed by atoms with Crippen LogP contribution in [0.25, 0.3) is 0 Å². The third kappa shape index (κ3) is 2.90. The van der Waals surface area contributed by atoms with Crippen molar-refractivity contribution in [3.63, 3.8) is 0 Å². The molecule has 7 heteroatoms. The number of benzene rings is 1. The number of hydrogen-bond acceptors (Lipinski definition) is 5. The third-order valence-corrected chi connectivity index (χ3v) is 3.25. The zero-order valence-electron chi connectivity index (χ0n) is 10.1. The Bertz CT molecular complexity index is 622. The van der Waals surface area contributed by atoms with Crippen LogP contribution in [0.5, 0.6) is 23.1 Å². The molecular weight excluding hydrogens is 336 g/mol. The van der Waals surface area contributed by atoms with Gasteiger partial charge in [0.05, 0.1) is 11.6 Å². The van der Waals surface area contributed by atoms with Crippen molar-refractivity contribution < 1.29 is 14.6 Å². The largest absolute Gasteiger partial charge is 0.503 e. The van der Waals surface area contributed by atoms with Crippen molar-refractivity contribution in [2.75, 3.05) is 7.11 Å². The predicted molar refractivity (Wildman–Crippen MR) is 74.2 cm³/mol. The molecule has 1 aromatic heterocycles. The molecule has 5 nitrogen and oxygen atoms in total. The van der Waals surface area contributed by atoms with E-state index in [4.69, 9.17) is 21.1 Å². The van der Waals surface area contributed by atoms with Gasteiger partial charge in [0, 0.05) is 11.6 Å². The van der Waals surface area contributed by atoms with Crippen molar-refractivity contribution in [1.82, 2.24) is 10.2 Å². The van der Waals surface area contributed by atoms with Crippen LogP contribution in [0.4, 0.5) is 0 Å². The molecule has 0 spiro atoms. The van der Waals surface area contributed by atoms with E-state index in [-0.39, 0.29) is 16.8 Å². The minimum Gasteiger partial charge on any atom is -0.503 e. The average Bonchev–Trinajstić information content (AvgIpc) is 2.37. The lowest BCUT2D eigenvalue weighted by Gasteiger charge is -2.13. The summed E-state index contributed by atoms with van der Waals surface area (Å²) < 4.78 is 11.5. The molecule has 0 fully saturated rings. The highest BCUT2D eigenvalue weighted by Crippen LogP contribution is 2.39. The lowest BCUT2D eigenvalue weighted by molar-refractivity contribution is 0.380. The molecule has 0 unspecified atom stereocenters. The molecule has 2 rings (SSSR count). The normalized spacial score (nSPS) is 10.3. The van der Waals surface area contributed by atoms with E-state index in [9.17, 15) is 5.11 Å². The van der Waals surface area contributed by atoms with Crippen LogP contribution in [0.1, 0.15) is 5.56 Å². The molecule has 2 aromatic rings. The van der Waals surface area contributed by atoms with Gasteiger partial charge in [-0.15, -0.1) is 10.2 Å². The number of ether oxygens (including phenoxy) is 2. The minimum absolute atomic E-state index is 0.0264. The number of aromatic nitrogens is 2. The SMILES string of the molecule is COc1ccc(Br)c(Oc2nnc(Cl)cc2O)c1C. The van der Waals surface area contributed by atoms with Crippen molar-refractivity contribution in [2.45, 2.75) is 6.92 Å². The first kappa shape index (κ1) is 13.9. The molecule has 0 atom stereocenters. The van der Waals surface area contributed by atoms with Gasteiger partial charge >= 0.3 is 0 Å². The smallest absolute Gasteiger partial charge is 0.281 e. The van der Waals surface area contributed by atoms with Crippen molar-refractivity contribution in [2.24, 2.45) is 0 Å². The molecule has 0 aliphatic rings. The fourth-order valence-corrected chi connectivity index (χ4v) is 2.16. The Balaban J connectivity index is 2.43. The molecule has 0 bridgehead atoms. The summed E-state index contributed by atoms with van der Waals surface area (Å²) >= 11 is 8.98. The Morgan fingerprint density at radius 3 is 2.68 bits per heavy atom. The molecule has 0 aliphatic heterocycles. The van der Waals surface area contributed by atoms with Crippen LogP contribution < -0.4 is 9.47 Å². The standard InChI is InChI=1S/C12H10BrClN2O3/c1-6-9(18-2)4-3-7(13)11(6)19-12-8(17)5-10(14)15-16-12/h3-5H,1-2H3,(H,15,17). The summed E-state index contributed by atoms with van der Waals surface area (Å²) in [4.78, 5) is 0. The second kappa shape index (κ2) is 5.63. The van der Waals surface area contributed by atoms with Crippen molar-refractivity contribution in [3.8, 4) is 23.1 Å². The van der Waals surface area contributed by atoms with E-state index >= 15 is 0 Å². The first-order valence-corrected chi connectivity index (χ1v) is 6.43. The van der Waals surface area contributed by atoms with Crippen LogP contribution in [0.2, 0.25) is 5.15 Å². The van der Waals surface area contributed by atoms with Gasteiger partial charge in [0.2, 0.25) is 0 Å². The lowest BCUT2D eigenvalue weighted by atomic mass is 10.2. The third-order valence-electron chi connectivity index (χ3n) is 2.44. The van der Waals surface area contributed by atoms with E-state index in [2.05, 4.69) is 26.1 Å². The summed E-state index contributed by atoms with van der Waals surface area (Å²) in [5, 5.41) is 17.1. The second-order valence-corrected chi connectivity index (χ2v) is 4.90. The Morgan fingerprint density at radius 2 is 2.05 bits per heavy atom. The maximum Gasteiger partial charge on any atom is 0.281 e. The van der Waals surface area contributed by atoms with E-state index in [1.165, 1.54) is 6.07 Å². The maximum absolute atomic E-state index is 9.70. The molecule has 0 aliphatic carbocycles. The maximum atomic E-state index is 9.70. The fraction of sp³-hybridized carbons (Fsp3) is 0.167. The summed E-state index contributed by atoms with van der Waals surface area (Å²) in [6.07, 6.45) is 0. The molecule has 0 saturated heterocycles. The zero-order chi connectivity index (χ0) is 14.0. The lowest BCUT2D eigenvalue weighted by Crippen LogP contribution is -1.96. The molecule has 1 heterocycles. The molecule has 0 radical (unpaired) electrons. The minimum atomic E-state index is -0.186. The van der Waals surface area contributed by atoms with Gasteiger partial charge in [-0.25, -0.2) is 0 Å². The molecule has 0 saturated carbocycles. The van der Waals surface area contributed by atoms with Crippen LogP contribution in [-0.4, -0.2) is 22.4 Å². The Kier molecular flexibility index (Phi) is 4.11. The zero-order valence-corrected chi connectivity index (χ0v) is 12.5. The summed E-state index contributed by atoms with van der Waals surface area (Å²) in [7, 11) is 1.57. The number of halogens is 2. The monoisotopic (exact) mass is 344 g/mol. The van der Waals surface area contributed by atoms with Gasteiger partial charge in [-0.1, -0.05) is 11.6 Å². The van der Waals surface area contributed by atoms with Gasteiger partial charge in [0.25, 0.3) is 5.88 Å². The van der Waals surface area contributed by atoms with E-state index in [1.807, 2.05) is 6.92 Å². The molecule has 19 heavy (non-hydrogen) atoms. The predicted octanol–water partition coefficient (Wildman–Crippen LogP) is 3.71. The Labute approximate surface area is 123 Å². The summed E-state index contributed by atoms with van der Waals surface area (Å²) in [5.74, 6) is 0.946. The molecule has 0 amide bonds. The van der Waals surface area contributed by atoms with Crippen LogP contribution >= 0.6 is 27.5 Å². The van der Waals surface area contributed by atoms with Crippen LogP contribution in [0.15, 0.2) is 22.7 Å². The number of aromatic hydroxyl groups is 1. The van der Waals surface area contributed by atoms with Gasteiger partial charge in [-0.2, -0.15) is 0 Å². The van der Waals surface area contributed by atoms with E-state index in [1.54, 1.807) is 19.2 Å². The highest BCUT2D eigenvalue weighted by atomic mass is 79.9. The van der Waals surface area contributed by atoms with Crippen molar-refractivity contribution in [1.29, 1.82) is 0 Å². The van der Waals surface area contributed by atoms with Crippen molar-refractivity contribution >= 4 is 27.5 Å². The molecule has 100 valence electrons. The van der Waals surface area contributed by atoms with Gasteiger partial charge < -0.3 is 14.6 Å². The number of rotatable bonds is 3. The second-order valence-electron chi connectivity index (χ2n) is 3.66. The van der Waals surface area contributed by atoms with E-state index in [0.717, 1.165) is 5.56 Å². The number of hydrogen-bond donors (Lipinski definition) is 1.